The molecule has 170 valence electrons. The zero-order valence-corrected chi connectivity index (χ0v) is 19.1. The number of hydrogen-bond acceptors (Lipinski definition) is 3. The molecule has 5 rings (SSSR count). The summed E-state index contributed by atoms with van der Waals surface area (Å²) in [4.78, 5) is 14.5. The van der Waals surface area contributed by atoms with Gasteiger partial charge in [0.1, 0.15) is 5.82 Å². The summed E-state index contributed by atoms with van der Waals surface area (Å²) >= 11 is 0. The maximum Gasteiger partial charge on any atom is 0.243 e. The Morgan fingerprint density at radius 2 is 1.55 bits per heavy atom. The molecule has 0 spiro atoms. The Bertz CT molecular complexity index is 1470. The van der Waals surface area contributed by atoms with E-state index in [-0.39, 0.29) is 43.4 Å². The predicted octanol–water partition coefficient (Wildman–Crippen LogP) is 3.55. The third-order valence-corrected chi connectivity index (χ3v) is 8.31. The molecule has 1 saturated heterocycles. The molecule has 0 unspecified atom stereocenters. The smallest absolute Gasteiger partial charge is 0.243 e. The number of fused-ring (bicyclic) bond motifs is 3. The largest absolute Gasteiger partial charge is 0.344 e. The van der Waals surface area contributed by atoms with Crippen LogP contribution in [0.4, 0.5) is 4.39 Å². The van der Waals surface area contributed by atoms with Gasteiger partial charge in [-0.25, -0.2) is 12.8 Å². The van der Waals surface area contributed by atoms with Crippen molar-refractivity contribution in [2.75, 3.05) is 26.2 Å². The first kappa shape index (κ1) is 21.6. The molecule has 4 aromatic rings. The van der Waals surface area contributed by atoms with E-state index in [4.69, 9.17) is 0 Å². The fourth-order valence-electron chi connectivity index (χ4n) is 4.55. The molecule has 3 aromatic carbocycles. The number of hydrogen-bond donors (Lipinski definition) is 0. The lowest BCUT2D eigenvalue weighted by molar-refractivity contribution is -0.131. The van der Waals surface area contributed by atoms with Gasteiger partial charge in [-0.1, -0.05) is 36.4 Å². The number of piperazine rings is 1. The summed E-state index contributed by atoms with van der Waals surface area (Å²) in [5.74, 6) is -0.606. The van der Waals surface area contributed by atoms with Gasteiger partial charge in [0.05, 0.1) is 11.3 Å². The average molecular weight is 466 g/mol. The number of sulfonamides is 1. The molecule has 8 heteroatoms. The maximum atomic E-state index is 13.9. The van der Waals surface area contributed by atoms with Crippen molar-refractivity contribution in [2.45, 2.75) is 11.3 Å². The van der Waals surface area contributed by atoms with Crippen LogP contribution in [-0.2, 0) is 28.3 Å². The molecule has 33 heavy (non-hydrogen) atoms. The van der Waals surface area contributed by atoms with Crippen molar-refractivity contribution in [3.05, 3.63) is 78.1 Å². The van der Waals surface area contributed by atoms with Crippen LogP contribution in [0, 0.1) is 5.82 Å². The van der Waals surface area contributed by atoms with E-state index in [0.717, 1.165) is 21.8 Å². The second-order valence-corrected chi connectivity index (χ2v) is 10.2. The van der Waals surface area contributed by atoms with Crippen LogP contribution in [0.2, 0.25) is 0 Å². The molecule has 1 aliphatic heterocycles. The SMILES string of the molecule is Cn1c2ccccc2c2cc(S(=O)(=O)N3CCN(C(=O)Cc4ccccc4F)CC3)ccc21. The molecule has 0 aliphatic carbocycles. The molecule has 1 fully saturated rings. The van der Waals surface area contributed by atoms with Gasteiger partial charge in [-0.2, -0.15) is 4.31 Å². The van der Waals surface area contributed by atoms with E-state index in [1.54, 1.807) is 35.2 Å². The first-order valence-electron chi connectivity index (χ1n) is 10.8. The first-order chi connectivity index (χ1) is 15.9. The minimum absolute atomic E-state index is 0.0306. The van der Waals surface area contributed by atoms with Crippen LogP contribution < -0.4 is 0 Å². The van der Waals surface area contributed by atoms with Crippen LogP contribution in [-0.4, -0.2) is 54.3 Å². The second-order valence-electron chi connectivity index (χ2n) is 8.31. The highest BCUT2D eigenvalue weighted by Crippen LogP contribution is 2.31. The van der Waals surface area contributed by atoms with E-state index in [1.807, 2.05) is 37.4 Å². The topological polar surface area (TPSA) is 62.6 Å². The van der Waals surface area contributed by atoms with Gasteiger partial charge in [0.25, 0.3) is 0 Å². The molecule has 0 atom stereocenters. The van der Waals surface area contributed by atoms with Gasteiger partial charge >= 0.3 is 0 Å². The van der Waals surface area contributed by atoms with Crippen molar-refractivity contribution < 1.29 is 17.6 Å². The number of aryl methyl sites for hydroxylation is 1. The van der Waals surface area contributed by atoms with Crippen LogP contribution in [0.5, 0.6) is 0 Å². The van der Waals surface area contributed by atoms with Crippen LogP contribution in [0.1, 0.15) is 5.56 Å². The summed E-state index contributed by atoms with van der Waals surface area (Å²) in [5.41, 5.74) is 2.36. The number of benzene rings is 3. The number of aromatic nitrogens is 1. The fourth-order valence-corrected chi connectivity index (χ4v) is 6.00. The lowest BCUT2D eigenvalue weighted by Gasteiger charge is -2.34. The Morgan fingerprint density at radius 3 is 2.30 bits per heavy atom. The van der Waals surface area contributed by atoms with Crippen LogP contribution in [0.3, 0.4) is 0 Å². The molecule has 0 bridgehead atoms. The number of para-hydroxylation sites is 1. The van der Waals surface area contributed by atoms with E-state index < -0.39 is 15.8 Å². The summed E-state index contributed by atoms with van der Waals surface area (Å²) in [6, 6.07) is 19.4. The molecular formula is C25H24FN3O3S. The van der Waals surface area contributed by atoms with Gasteiger partial charge in [0.15, 0.2) is 0 Å². The molecule has 1 amide bonds. The number of carbonyl (C=O) groups excluding carboxylic acids is 1. The van der Waals surface area contributed by atoms with Gasteiger partial charge in [-0.05, 0) is 35.9 Å². The van der Waals surface area contributed by atoms with Crippen LogP contribution >= 0.6 is 0 Å². The monoisotopic (exact) mass is 465 g/mol. The summed E-state index contributed by atoms with van der Waals surface area (Å²) in [7, 11) is -1.73. The molecule has 2 heterocycles. The van der Waals surface area contributed by atoms with Crippen molar-refractivity contribution in [3.63, 3.8) is 0 Å². The molecule has 1 aromatic heterocycles. The Balaban J connectivity index is 1.34. The summed E-state index contributed by atoms with van der Waals surface area (Å²) in [6.07, 6.45) is -0.0306. The Kier molecular flexibility index (Phi) is 5.42. The van der Waals surface area contributed by atoms with Gasteiger partial charge in [-0.15, -0.1) is 0 Å². The zero-order chi connectivity index (χ0) is 23.2. The zero-order valence-electron chi connectivity index (χ0n) is 18.2. The lowest BCUT2D eigenvalue weighted by atomic mass is 10.1. The summed E-state index contributed by atoms with van der Waals surface area (Å²) in [5, 5.41) is 1.91. The number of amides is 1. The van der Waals surface area contributed by atoms with Crippen molar-refractivity contribution in [1.29, 1.82) is 0 Å². The number of rotatable bonds is 4. The molecule has 0 N–H and O–H groups in total. The normalized spacial score (nSPS) is 15.4. The Hall–Kier alpha value is -3.23. The summed E-state index contributed by atoms with van der Waals surface area (Å²) < 4.78 is 44.1. The second kappa shape index (κ2) is 8.28. The molecule has 1 aliphatic rings. The minimum atomic E-state index is -3.70. The number of nitrogens with zero attached hydrogens (tertiary/aromatic N) is 3. The molecular weight excluding hydrogens is 441 g/mol. The average Bonchev–Trinajstić information content (AvgIpc) is 3.12. The Morgan fingerprint density at radius 1 is 0.879 bits per heavy atom. The summed E-state index contributed by atoms with van der Waals surface area (Å²) in [6.45, 7) is 0.976. The number of halogens is 1. The van der Waals surface area contributed by atoms with E-state index in [2.05, 4.69) is 4.57 Å². The van der Waals surface area contributed by atoms with Gasteiger partial charge < -0.3 is 9.47 Å². The van der Waals surface area contributed by atoms with Gasteiger partial charge in [0, 0.05) is 55.0 Å². The molecule has 6 nitrogen and oxygen atoms in total. The fraction of sp³-hybridized carbons (Fsp3) is 0.240. The lowest BCUT2D eigenvalue weighted by Crippen LogP contribution is -2.50. The van der Waals surface area contributed by atoms with Gasteiger partial charge in [0.2, 0.25) is 15.9 Å². The predicted molar refractivity (Wildman–Crippen MR) is 126 cm³/mol. The standard InChI is InChI=1S/C25H24FN3O3S/c1-27-23-9-5-3-7-20(23)21-17-19(10-11-24(21)27)33(31,32)29-14-12-28(13-15-29)25(30)16-18-6-2-4-8-22(18)26/h2-11,17H,12-16H2,1H3. The number of carbonyl (C=O) groups is 1. The highest BCUT2D eigenvalue weighted by atomic mass is 32.2. The van der Waals surface area contributed by atoms with E-state index in [9.17, 15) is 17.6 Å². The van der Waals surface area contributed by atoms with E-state index in [0.29, 0.717) is 5.56 Å². The Labute approximate surface area is 191 Å². The molecule has 0 saturated carbocycles. The van der Waals surface area contributed by atoms with Crippen LogP contribution in [0.15, 0.2) is 71.6 Å². The first-order valence-corrected chi connectivity index (χ1v) is 12.3. The van der Waals surface area contributed by atoms with E-state index >= 15 is 0 Å². The highest BCUT2D eigenvalue weighted by Gasteiger charge is 2.30. The van der Waals surface area contributed by atoms with E-state index in [1.165, 1.54) is 10.4 Å². The quantitative estimate of drug-likeness (QED) is 0.463. The van der Waals surface area contributed by atoms with Crippen LogP contribution in [0.25, 0.3) is 21.8 Å². The third kappa shape index (κ3) is 3.79. The van der Waals surface area contributed by atoms with Crippen molar-refractivity contribution in [1.82, 2.24) is 13.8 Å². The van der Waals surface area contributed by atoms with Crippen molar-refractivity contribution in [3.8, 4) is 0 Å². The van der Waals surface area contributed by atoms with Crippen molar-refractivity contribution >= 4 is 37.7 Å². The van der Waals surface area contributed by atoms with Crippen molar-refractivity contribution in [2.24, 2.45) is 7.05 Å². The highest BCUT2D eigenvalue weighted by molar-refractivity contribution is 7.89. The maximum absolute atomic E-state index is 13.9. The van der Waals surface area contributed by atoms with Gasteiger partial charge in [-0.3, -0.25) is 4.79 Å². The third-order valence-electron chi connectivity index (χ3n) is 6.41. The minimum Gasteiger partial charge on any atom is -0.344 e. The molecule has 0 radical (unpaired) electrons.